The van der Waals surface area contributed by atoms with E-state index in [9.17, 15) is 9.18 Å². The van der Waals surface area contributed by atoms with Crippen molar-refractivity contribution in [2.24, 2.45) is 0 Å². The molecule has 1 unspecified atom stereocenters. The van der Waals surface area contributed by atoms with Crippen LogP contribution in [0.25, 0.3) is 0 Å². The molecule has 1 saturated heterocycles. The summed E-state index contributed by atoms with van der Waals surface area (Å²) in [6, 6.07) is 15.2. The molecule has 3 heterocycles. The van der Waals surface area contributed by atoms with Gasteiger partial charge < -0.3 is 10.2 Å². The number of rotatable bonds is 4. The van der Waals surface area contributed by atoms with Gasteiger partial charge in [-0.05, 0) is 66.3 Å². The Kier molecular flexibility index (Phi) is 5.79. The van der Waals surface area contributed by atoms with Crippen LogP contribution in [0.3, 0.4) is 0 Å². The average molecular weight is 390 g/mol. The summed E-state index contributed by atoms with van der Waals surface area (Å²) in [7, 11) is 0. The van der Waals surface area contributed by atoms with Gasteiger partial charge in [0.1, 0.15) is 5.82 Å². The summed E-state index contributed by atoms with van der Waals surface area (Å²) in [6.45, 7) is 1.35. The van der Waals surface area contributed by atoms with E-state index in [1.54, 1.807) is 18.3 Å². The molecule has 1 aromatic carbocycles. The number of amides is 2. The molecule has 29 heavy (non-hydrogen) atoms. The fourth-order valence-electron chi connectivity index (χ4n) is 3.83. The van der Waals surface area contributed by atoms with E-state index in [0.717, 1.165) is 12.8 Å². The summed E-state index contributed by atoms with van der Waals surface area (Å²) in [6.07, 6.45) is 7.11. The SMILES string of the molecule is O=C(NC(c1cccc(F)c1)c1ccccn1)N1CCC(c2ccncc2)CC1. The predicted octanol–water partition coefficient (Wildman–Crippen LogP) is 4.29. The minimum absolute atomic E-state index is 0.155. The van der Waals surface area contributed by atoms with Gasteiger partial charge in [-0.1, -0.05) is 18.2 Å². The summed E-state index contributed by atoms with van der Waals surface area (Å²) >= 11 is 0. The normalized spacial score (nSPS) is 15.7. The van der Waals surface area contributed by atoms with E-state index in [1.165, 1.54) is 17.7 Å². The third kappa shape index (κ3) is 4.59. The lowest BCUT2D eigenvalue weighted by Crippen LogP contribution is -2.45. The van der Waals surface area contributed by atoms with Gasteiger partial charge in [-0.3, -0.25) is 9.97 Å². The zero-order valence-electron chi connectivity index (χ0n) is 16.0. The van der Waals surface area contributed by atoms with Crippen molar-refractivity contribution in [3.05, 3.63) is 95.8 Å². The Hall–Kier alpha value is -3.28. The second kappa shape index (κ2) is 8.82. The minimum Gasteiger partial charge on any atom is -0.325 e. The molecule has 1 atom stereocenters. The first-order valence-corrected chi connectivity index (χ1v) is 9.82. The van der Waals surface area contributed by atoms with Crippen LogP contribution in [0.5, 0.6) is 0 Å². The Morgan fingerprint density at radius 3 is 2.52 bits per heavy atom. The van der Waals surface area contributed by atoms with Crippen LogP contribution >= 0.6 is 0 Å². The molecule has 5 nitrogen and oxygen atoms in total. The third-order valence-corrected chi connectivity index (χ3v) is 5.39. The second-order valence-electron chi connectivity index (χ2n) is 7.23. The summed E-state index contributed by atoms with van der Waals surface area (Å²) < 4.78 is 13.8. The standard InChI is InChI=1S/C23H23FN4O/c24-20-5-3-4-19(16-20)22(21-6-1-2-11-26-21)27-23(29)28-14-9-18(10-15-28)17-7-12-25-13-8-17/h1-8,11-13,16,18,22H,9-10,14-15H2,(H,27,29). The van der Waals surface area contributed by atoms with Gasteiger partial charge in [-0.2, -0.15) is 0 Å². The maximum Gasteiger partial charge on any atom is 0.318 e. The van der Waals surface area contributed by atoms with Crippen LogP contribution in [0.15, 0.2) is 73.2 Å². The molecule has 3 aromatic rings. The molecule has 4 rings (SSSR count). The summed E-state index contributed by atoms with van der Waals surface area (Å²) in [5.41, 5.74) is 2.62. The van der Waals surface area contributed by atoms with Crippen molar-refractivity contribution in [3.8, 4) is 0 Å². The van der Waals surface area contributed by atoms with Crippen molar-refractivity contribution in [1.82, 2.24) is 20.2 Å². The van der Waals surface area contributed by atoms with E-state index in [-0.39, 0.29) is 11.8 Å². The number of piperidine rings is 1. The van der Waals surface area contributed by atoms with Crippen LogP contribution in [0.1, 0.15) is 41.6 Å². The Morgan fingerprint density at radius 2 is 1.83 bits per heavy atom. The first-order chi connectivity index (χ1) is 14.2. The summed E-state index contributed by atoms with van der Waals surface area (Å²) in [5.74, 6) is 0.104. The molecule has 6 heteroatoms. The molecule has 0 bridgehead atoms. The molecule has 1 N–H and O–H groups in total. The molecule has 148 valence electrons. The lowest BCUT2D eigenvalue weighted by Gasteiger charge is -2.33. The largest absolute Gasteiger partial charge is 0.325 e. The molecule has 1 aliphatic heterocycles. The van der Waals surface area contributed by atoms with Gasteiger partial charge in [0.05, 0.1) is 11.7 Å². The number of carbonyl (C=O) groups is 1. The van der Waals surface area contributed by atoms with Crippen LogP contribution in [0.2, 0.25) is 0 Å². The highest BCUT2D eigenvalue weighted by atomic mass is 19.1. The van der Waals surface area contributed by atoms with Gasteiger partial charge in [0.15, 0.2) is 0 Å². The number of pyridine rings is 2. The highest BCUT2D eigenvalue weighted by molar-refractivity contribution is 5.75. The molecule has 0 spiro atoms. The first-order valence-electron chi connectivity index (χ1n) is 9.82. The Balaban J connectivity index is 1.46. The quantitative estimate of drug-likeness (QED) is 0.723. The average Bonchev–Trinajstić information content (AvgIpc) is 2.78. The lowest BCUT2D eigenvalue weighted by molar-refractivity contribution is 0.179. The topological polar surface area (TPSA) is 58.1 Å². The van der Waals surface area contributed by atoms with Crippen molar-refractivity contribution < 1.29 is 9.18 Å². The number of urea groups is 1. The highest BCUT2D eigenvalue weighted by Crippen LogP contribution is 2.28. The molecule has 0 radical (unpaired) electrons. The number of hydrogen-bond acceptors (Lipinski definition) is 3. The highest BCUT2D eigenvalue weighted by Gasteiger charge is 2.26. The van der Waals surface area contributed by atoms with Crippen molar-refractivity contribution in [2.75, 3.05) is 13.1 Å². The van der Waals surface area contributed by atoms with E-state index < -0.39 is 6.04 Å². The molecule has 2 aromatic heterocycles. The Labute approximate surface area is 169 Å². The molecule has 0 saturated carbocycles. The van der Waals surface area contributed by atoms with Crippen LogP contribution < -0.4 is 5.32 Å². The van der Waals surface area contributed by atoms with E-state index >= 15 is 0 Å². The van der Waals surface area contributed by atoms with Crippen molar-refractivity contribution in [1.29, 1.82) is 0 Å². The van der Waals surface area contributed by atoms with Gasteiger partial charge in [0.2, 0.25) is 0 Å². The van der Waals surface area contributed by atoms with Crippen LogP contribution in [0.4, 0.5) is 9.18 Å². The zero-order valence-corrected chi connectivity index (χ0v) is 16.0. The van der Waals surface area contributed by atoms with E-state index in [1.807, 2.05) is 47.6 Å². The number of aromatic nitrogens is 2. The fourth-order valence-corrected chi connectivity index (χ4v) is 3.83. The maximum atomic E-state index is 13.8. The van der Waals surface area contributed by atoms with Gasteiger partial charge in [-0.15, -0.1) is 0 Å². The van der Waals surface area contributed by atoms with E-state index in [0.29, 0.717) is 30.3 Å². The van der Waals surface area contributed by atoms with E-state index in [4.69, 9.17) is 0 Å². The molecule has 2 amide bonds. The predicted molar refractivity (Wildman–Crippen MR) is 109 cm³/mol. The van der Waals surface area contributed by atoms with Crippen LogP contribution in [-0.4, -0.2) is 34.0 Å². The Morgan fingerprint density at radius 1 is 1.03 bits per heavy atom. The molecular weight excluding hydrogens is 367 g/mol. The third-order valence-electron chi connectivity index (χ3n) is 5.39. The van der Waals surface area contributed by atoms with Crippen LogP contribution in [-0.2, 0) is 0 Å². The number of carbonyl (C=O) groups excluding carboxylic acids is 1. The fraction of sp³-hybridized carbons (Fsp3) is 0.261. The maximum absolute atomic E-state index is 13.8. The van der Waals surface area contributed by atoms with Gasteiger partial charge in [0.25, 0.3) is 0 Å². The number of halogens is 1. The van der Waals surface area contributed by atoms with Gasteiger partial charge in [-0.25, -0.2) is 9.18 Å². The number of hydrogen-bond donors (Lipinski definition) is 1. The van der Waals surface area contributed by atoms with Crippen molar-refractivity contribution >= 4 is 6.03 Å². The molecule has 1 fully saturated rings. The summed E-state index contributed by atoms with van der Waals surface area (Å²) in [4.78, 5) is 23.2. The first kappa shape index (κ1) is 19.1. The van der Waals surface area contributed by atoms with Gasteiger partial charge in [0, 0.05) is 31.7 Å². The number of nitrogens with zero attached hydrogens (tertiary/aromatic N) is 3. The number of likely N-dealkylation sites (tertiary alicyclic amines) is 1. The van der Waals surface area contributed by atoms with Crippen molar-refractivity contribution in [2.45, 2.75) is 24.8 Å². The molecule has 1 aliphatic rings. The van der Waals surface area contributed by atoms with E-state index in [2.05, 4.69) is 15.3 Å². The van der Waals surface area contributed by atoms with Crippen LogP contribution in [0, 0.1) is 5.82 Å². The Bertz CT molecular complexity index is 943. The number of benzene rings is 1. The smallest absolute Gasteiger partial charge is 0.318 e. The number of nitrogens with one attached hydrogen (secondary N) is 1. The van der Waals surface area contributed by atoms with Gasteiger partial charge >= 0.3 is 6.03 Å². The zero-order chi connectivity index (χ0) is 20.1. The molecule has 0 aliphatic carbocycles. The monoisotopic (exact) mass is 390 g/mol. The second-order valence-corrected chi connectivity index (χ2v) is 7.23. The minimum atomic E-state index is -0.502. The summed E-state index contributed by atoms with van der Waals surface area (Å²) in [5, 5.41) is 3.05. The molecular formula is C23H23FN4O. The van der Waals surface area contributed by atoms with Crippen molar-refractivity contribution in [3.63, 3.8) is 0 Å². The lowest BCUT2D eigenvalue weighted by atomic mass is 9.90.